The van der Waals surface area contributed by atoms with Crippen molar-refractivity contribution < 1.29 is 0 Å². The van der Waals surface area contributed by atoms with E-state index >= 15 is 0 Å². The normalized spacial score (nSPS) is 18.0. The molecular weight excluding hydrogens is 593 g/mol. The number of allylic oxidation sites excluding steroid dienone is 3. The molecule has 2 aliphatic rings. The Morgan fingerprint density at radius 2 is 1.17 bits per heavy atom. The third kappa shape index (κ3) is 5.91. The van der Waals surface area contributed by atoms with Crippen LogP contribution in [0.3, 0.4) is 0 Å². The van der Waals surface area contributed by atoms with Crippen molar-refractivity contribution in [1.82, 2.24) is 0 Å². The largest absolute Gasteiger partial charge is 0.0714 e. The van der Waals surface area contributed by atoms with Crippen LogP contribution in [-0.2, 0) is 16.2 Å². The van der Waals surface area contributed by atoms with Gasteiger partial charge in [-0.05, 0) is 115 Å². The summed E-state index contributed by atoms with van der Waals surface area (Å²) in [5.41, 5.74) is 22.5. The van der Waals surface area contributed by atoms with Crippen LogP contribution in [0.2, 0.25) is 13.1 Å². The van der Waals surface area contributed by atoms with E-state index in [4.69, 9.17) is 0 Å². The maximum atomic E-state index is 2.55. The Labute approximate surface area is 294 Å². The molecule has 2 aliphatic carbocycles. The second-order valence-electron chi connectivity index (χ2n) is 18.3. The van der Waals surface area contributed by atoms with Gasteiger partial charge in [-0.25, -0.2) is 0 Å². The molecule has 0 N–H and O–H groups in total. The van der Waals surface area contributed by atoms with E-state index in [1.807, 2.05) is 0 Å². The van der Waals surface area contributed by atoms with Crippen LogP contribution in [-0.4, -0.2) is 8.80 Å². The van der Waals surface area contributed by atoms with Crippen molar-refractivity contribution in [3.8, 4) is 22.3 Å². The van der Waals surface area contributed by atoms with Gasteiger partial charge in [0.1, 0.15) is 0 Å². The van der Waals surface area contributed by atoms with E-state index in [0.717, 1.165) is 0 Å². The quantitative estimate of drug-likeness (QED) is 0.193. The summed E-state index contributed by atoms with van der Waals surface area (Å²) in [5, 5.41) is 0. The van der Waals surface area contributed by atoms with Crippen molar-refractivity contribution >= 4 is 20.4 Å². The highest BCUT2D eigenvalue weighted by Gasteiger charge is 2.40. The van der Waals surface area contributed by atoms with Gasteiger partial charge >= 0.3 is 0 Å². The van der Waals surface area contributed by atoms with E-state index in [-0.39, 0.29) is 22.2 Å². The van der Waals surface area contributed by atoms with Crippen LogP contribution in [0.4, 0.5) is 0 Å². The van der Waals surface area contributed by atoms with Gasteiger partial charge in [0.2, 0.25) is 0 Å². The number of aryl methyl sites for hydroxylation is 1. The van der Waals surface area contributed by atoms with Gasteiger partial charge in [0.25, 0.3) is 0 Å². The van der Waals surface area contributed by atoms with Gasteiger partial charge in [-0.2, -0.15) is 0 Å². The maximum absolute atomic E-state index is 2.55. The van der Waals surface area contributed by atoms with Gasteiger partial charge < -0.3 is 0 Å². The average Bonchev–Trinajstić information content (AvgIpc) is 3.48. The molecule has 0 aromatic heterocycles. The van der Waals surface area contributed by atoms with Crippen molar-refractivity contribution in [3.63, 3.8) is 0 Å². The second kappa shape index (κ2) is 11.9. The van der Waals surface area contributed by atoms with E-state index in [1.54, 1.807) is 16.7 Å². The zero-order valence-corrected chi connectivity index (χ0v) is 33.4. The first kappa shape index (κ1) is 34.4. The fourth-order valence-electron chi connectivity index (χ4n) is 8.43. The van der Waals surface area contributed by atoms with Crippen LogP contribution >= 0.6 is 0 Å². The summed E-state index contributed by atoms with van der Waals surface area (Å²) < 4.78 is 0. The second-order valence-corrected chi connectivity index (χ2v) is 21.4. The molecule has 1 heteroatoms. The minimum absolute atomic E-state index is 0.0665. The van der Waals surface area contributed by atoms with E-state index in [1.165, 1.54) is 66.8 Å². The van der Waals surface area contributed by atoms with Crippen molar-refractivity contribution in [2.24, 2.45) is 0 Å². The Kier molecular flexibility index (Phi) is 8.52. The zero-order valence-electron chi connectivity index (χ0n) is 32.2. The van der Waals surface area contributed by atoms with Crippen molar-refractivity contribution in [2.45, 2.75) is 124 Å². The summed E-state index contributed by atoms with van der Waals surface area (Å²) in [4.78, 5) is 0. The van der Waals surface area contributed by atoms with Crippen molar-refractivity contribution in [3.05, 3.63) is 128 Å². The first-order chi connectivity index (χ1) is 22.3. The minimum atomic E-state index is -1.08. The molecule has 2 unspecified atom stereocenters. The Hall–Kier alpha value is -3.42. The van der Waals surface area contributed by atoms with Crippen LogP contribution in [0.5, 0.6) is 0 Å². The Bertz CT molecular complexity index is 1920. The molecule has 48 heavy (non-hydrogen) atoms. The first-order valence-corrected chi connectivity index (χ1v) is 21.2. The predicted octanol–water partition coefficient (Wildman–Crippen LogP) is 13.3. The molecule has 6 rings (SSSR count). The van der Waals surface area contributed by atoms with E-state index in [2.05, 4.69) is 175 Å². The van der Waals surface area contributed by atoms with E-state index in [9.17, 15) is 0 Å². The highest BCUT2D eigenvalue weighted by molar-refractivity contribution is 6.59. The fraction of sp³-hybridized carbons (Fsp3) is 0.404. The van der Waals surface area contributed by atoms with Crippen LogP contribution in [0, 0.1) is 6.92 Å². The molecule has 0 spiro atoms. The summed E-state index contributed by atoms with van der Waals surface area (Å²) in [7, 11) is -1.08. The molecule has 0 saturated heterocycles. The maximum Gasteiger partial charge on any atom is 0.0440 e. The Morgan fingerprint density at radius 3 is 1.71 bits per heavy atom. The summed E-state index contributed by atoms with van der Waals surface area (Å²) in [6, 6.07) is 28.7. The molecule has 0 aliphatic heterocycles. The lowest BCUT2D eigenvalue weighted by molar-refractivity contribution is 0.569. The first-order valence-electron chi connectivity index (χ1n) is 18.2. The smallest absolute Gasteiger partial charge is 0.0440 e. The molecule has 0 radical (unpaired) electrons. The molecule has 250 valence electrons. The molecule has 2 atom stereocenters. The Balaban J connectivity index is 1.59. The molecule has 0 amide bonds. The number of hydrogen-bond acceptors (Lipinski definition) is 0. The number of rotatable bonds is 4. The SMILES string of the molecule is CC1=Cc2c(-c3ccc(C(C)(C)C)cc3)cccc2C1C1=C(C)C([SiH](C)C)c2c(C)ccc(-c3cc(C(C)(C)C)cc(C(C)(C)C)c3)c21. The van der Waals surface area contributed by atoms with E-state index < -0.39 is 8.80 Å². The summed E-state index contributed by atoms with van der Waals surface area (Å²) in [5.74, 6) is 0.263. The lowest BCUT2D eigenvalue weighted by Crippen LogP contribution is -2.17. The Morgan fingerprint density at radius 1 is 0.583 bits per heavy atom. The summed E-state index contributed by atoms with van der Waals surface area (Å²) in [6.45, 7) is 33.3. The molecule has 0 heterocycles. The molecule has 0 bridgehead atoms. The van der Waals surface area contributed by atoms with Crippen LogP contribution in [0.15, 0.2) is 83.9 Å². The van der Waals surface area contributed by atoms with E-state index in [0.29, 0.717) is 5.54 Å². The standard InChI is InChI=1S/C47H58Si/c1-28-18-23-37(32-25-34(46(7,8)9)27-35(26-32)47(10,11)12)43-41(28)44(48(13)14)30(3)42(43)40-29(2)24-39-36(16-15-17-38(39)40)31-19-21-33(22-20-31)45(4,5)6/h15-27,40,44,48H,1-14H3. The van der Waals surface area contributed by atoms with Crippen LogP contribution in [0.25, 0.3) is 33.9 Å². The lowest BCUT2D eigenvalue weighted by atomic mass is 9.77. The highest BCUT2D eigenvalue weighted by atomic mass is 28.3. The zero-order chi connectivity index (χ0) is 35.1. The third-order valence-corrected chi connectivity index (χ3v) is 13.4. The molecule has 0 fully saturated rings. The van der Waals surface area contributed by atoms with Crippen molar-refractivity contribution in [2.75, 3.05) is 0 Å². The van der Waals surface area contributed by atoms with Crippen LogP contribution in [0.1, 0.15) is 132 Å². The summed E-state index contributed by atoms with van der Waals surface area (Å²) in [6.07, 6.45) is 2.50. The molecule has 0 saturated carbocycles. The topological polar surface area (TPSA) is 0 Å². The predicted molar refractivity (Wildman–Crippen MR) is 215 cm³/mol. The highest BCUT2D eigenvalue weighted by Crippen LogP contribution is 2.57. The van der Waals surface area contributed by atoms with Gasteiger partial charge in [-0.1, -0.05) is 165 Å². The lowest BCUT2D eigenvalue weighted by Gasteiger charge is -2.28. The molecular formula is C47H58Si. The number of fused-ring (bicyclic) bond motifs is 2. The van der Waals surface area contributed by atoms with Crippen molar-refractivity contribution in [1.29, 1.82) is 0 Å². The van der Waals surface area contributed by atoms with Gasteiger partial charge in [-0.15, -0.1) is 0 Å². The fourth-order valence-corrected chi connectivity index (χ4v) is 10.7. The molecule has 4 aromatic rings. The van der Waals surface area contributed by atoms with Gasteiger partial charge in [0.15, 0.2) is 0 Å². The minimum Gasteiger partial charge on any atom is -0.0714 e. The number of benzene rings is 4. The molecule has 0 nitrogen and oxygen atoms in total. The van der Waals surface area contributed by atoms with Crippen LogP contribution < -0.4 is 0 Å². The van der Waals surface area contributed by atoms with Gasteiger partial charge in [0, 0.05) is 14.7 Å². The van der Waals surface area contributed by atoms with Gasteiger partial charge in [0.05, 0.1) is 0 Å². The average molecular weight is 651 g/mol. The summed E-state index contributed by atoms with van der Waals surface area (Å²) >= 11 is 0. The molecule has 4 aromatic carbocycles. The monoisotopic (exact) mass is 650 g/mol. The third-order valence-electron chi connectivity index (χ3n) is 11.2. The number of hydrogen-bond donors (Lipinski definition) is 0. The van der Waals surface area contributed by atoms with Gasteiger partial charge in [-0.3, -0.25) is 0 Å².